The summed E-state index contributed by atoms with van der Waals surface area (Å²) in [6, 6.07) is 0.178. The van der Waals surface area contributed by atoms with Gasteiger partial charge in [0.1, 0.15) is 11.4 Å². The zero-order valence-electron chi connectivity index (χ0n) is 26.3. The second-order valence-electron chi connectivity index (χ2n) is 11.6. The van der Waals surface area contributed by atoms with Crippen LogP contribution >= 0.6 is 0 Å². The first-order valence-electron chi connectivity index (χ1n) is 15.0. The Bertz CT molecular complexity index is 1170. The summed E-state index contributed by atoms with van der Waals surface area (Å²) in [6.45, 7) is 16.6. The van der Waals surface area contributed by atoms with Crippen LogP contribution in [0.25, 0.3) is 0 Å². The normalized spacial score (nSPS) is 15.3. The average Bonchev–Trinajstić information content (AvgIpc) is 3.24. The first kappa shape index (κ1) is 35.7. The molecule has 13 heteroatoms. The van der Waals surface area contributed by atoms with Gasteiger partial charge in [-0.25, -0.2) is 13.1 Å². The fourth-order valence-electron chi connectivity index (χ4n) is 5.12. The van der Waals surface area contributed by atoms with Crippen molar-refractivity contribution < 1.29 is 23.1 Å². The highest BCUT2D eigenvalue weighted by atomic mass is 32.2. The molecule has 1 heterocycles. The predicted octanol–water partition coefficient (Wildman–Crippen LogP) is 1.31. The number of benzene rings is 1. The fraction of sp³-hybridized carbons (Fsp3) is 0.724. The third-order valence-corrected chi connectivity index (χ3v) is 9.01. The van der Waals surface area contributed by atoms with Crippen molar-refractivity contribution in [2.75, 3.05) is 52.4 Å². The number of carboxylic acid groups (broad SMARTS) is 1. The lowest BCUT2D eigenvalue weighted by Crippen LogP contribution is -2.43. The van der Waals surface area contributed by atoms with E-state index in [1.807, 2.05) is 27.7 Å². The fourth-order valence-corrected chi connectivity index (χ4v) is 6.65. The SMILES string of the molecule is CCCCNCCNC(CCCN=C(N)NS(=O)(=O)c1c(C)c(C)c2c(c1C)CC(C)(C)O2)CNCCNCC(=O)O. The number of nitrogens with zero attached hydrogens (tertiary/aromatic N) is 1. The third kappa shape index (κ3) is 11.3. The van der Waals surface area contributed by atoms with Crippen molar-refractivity contribution in [2.24, 2.45) is 10.7 Å². The Labute approximate surface area is 252 Å². The number of nitrogens with one attached hydrogen (secondary N) is 5. The number of hydrogen-bond donors (Lipinski definition) is 7. The van der Waals surface area contributed by atoms with Crippen LogP contribution in [0.3, 0.4) is 0 Å². The molecule has 1 aromatic rings. The number of guanidine groups is 1. The van der Waals surface area contributed by atoms with E-state index in [2.05, 4.69) is 37.9 Å². The van der Waals surface area contributed by atoms with E-state index in [9.17, 15) is 13.2 Å². The quantitative estimate of drug-likeness (QED) is 0.0646. The first-order valence-corrected chi connectivity index (χ1v) is 16.5. The Morgan fingerprint density at radius 1 is 1.02 bits per heavy atom. The molecular weight excluding hydrogens is 558 g/mol. The topological polar surface area (TPSA) is 179 Å². The number of carboxylic acids is 1. The van der Waals surface area contributed by atoms with Crippen molar-refractivity contribution in [1.82, 2.24) is 26.0 Å². The van der Waals surface area contributed by atoms with E-state index in [0.29, 0.717) is 50.1 Å². The van der Waals surface area contributed by atoms with E-state index in [0.717, 1.165) is 55.8 Å². The van der Waals surface area contributed by atoms with Crippen molar-refractivity contribution in [2.45, 2.75) is 90.2 Å². The molecule has 0 spiro atoms. The number of sulfonamides is 1. The van der Waals surface area contributed by atoms with E-state index in [1.165, 1.54) is 0 Å². The summed E-state index contributed by atoms with van der Waals surface area (Å²) in [5, 5.41) is 21.9. The van der Waals surface area contributed by atoms with E-state index in [1.54, 1.807) is 6.92 Å². The third-order valence-electron chi connectivity index (χ3n) is 7.38. The molecule has 1 aromatic carbocycles. The van der Waals surface area contributed by atoms with E-state index in [4.69, 9.17) is 15.6 Å². The number of nitrogens with two attached hydrogens (primary N) is 1. The summed E-state index contributed by atoms with van der Waals surface area (Å²) >= 11 is 0. The summed E-state index contributed by atoms with van der Waals surface area (Å²) in [4.78, 5) is 15.2. The van der Waals surface area contributed by atoms with Crippen LogP contribution in [0.15, 0.2) is 9.89 Å². The Morgan fingerprint density at radius 3 is 2.40 bits per heavy atom. The standard InChI is InChI=1S/C29H53N7O5S/c1-7-8-11-31-15-16-34-23(18-32-13-14-33-19-25(37)38)10-9-12-35-28(30)36-42(39,40)27-21(3)20(2)26-24(22(27)4)17-29(5,6)41-26/h23,31-34H,7-19H2,1-6H3,(H,37,38)(H3,30,35,36). The largest absolute Gasteiger partial charge is 0.487 e. The van der Waals surface area contributed by atoms with E-state index >= 15 is 0 Å². The lowest BCUT2D eigenvalue weighted by Gasteiger charge is -2.20. The van der Waals surface area contributed by atoms with Crippen LogP contribution in [0.4, 0.5) is 0 Å². The van der Waals surface area contributed by atoms with Gasteiger partial charge in [0, 0.05) is 57.3 Å². The smallest absolute Gasteiger partial charge is 0.317 e. The van der Waals surface area contributed by atoms with E-state index < -0.39 is 16.0 Å². The Morgan fingerprint density at radius 2 is 1.71 bits per heavy atom. The number of carbonyl (C=O) groups is 1. The average molecular weight is 612 g/mol. The summed E-state index contributed by atoms with van der Waals surface area (Å²) in [6.07, 6.45) is 4.47. The lowest BCUT2D eigenvalue weighted by molar-refractivity contribution is -0.135. The maximum Gasteiger partial charge on any atom is 0.317 e. The molecule has 0 saturated carbocycles. The minimum Gasteiger partial charge on any atom is -0.487 e. The van der Waals surface area contributed by atoms with Crippen LogP contribution < -0.4 is 36.5 Å². The van der Waals surface area contributed by atoms with Crippen molar-refractivity contribution in [3.63, 3.8) is 0 Å². The number of fused-ring (bicyclic) bond motifs is 1. The zero-order chi connectivity index (χ0) is 31.3. The number of aliphatic carboxylic acids is 1. The molecule has 8 N–H and O–H groups in total. The molecule has 0 amide bonds. The molecule has 12 nitrogen and oxygen atoms in total. The van der Waals surface area contributed by atoms with Gasteiger partial charge >= 0.3 is 5.97 Å². The molecule has 1 aliphatic rings. The van der Waals surface area contributed by atoms with Gasteiger partial charge < -0.3 is 36.8 Å². The maximum atomic E-state index is 13.4. The minimum absolute atomic E-state index is 0.0617. The van der Waals surface area contributed by atoms with Crippen LogP contribution in [0.1, 0.15) is 68.7 Å². The van der Waals surface area contributed by atoms with Crippen LogP contribution in [-0.2, 0) is 21.2 Å². The molecule has 0 aromatic heterocycles. The predicted molar refractivity (Wildman–Crippen MR) is 168 cm³/mol. The highest BCUT2D eigenvalue weighted by Gasteiger charge is 2.36. The molecule has 0 bridgehead atoms. The molecular formula is C29H53N7O5S. The first-order chi connectivity index (χ1) is 19.8. The van der Waals surface area contributed by atoms with Gasteiger partial charge in [-0.15, -0.1) is 0 Å². The van der Waals surface area contributed by atoms with Crippen molar-refractivity contribution in [1.29, 1.82) is 0 Å². The van der Waals surface area contributed by atoms with Crippen LogP contribution in [0.5, 0.6) is 5.75 Å². The molecule has 240 valence electrons. The molecule has 1 unspecified atom stereocenters. The Kier molecular flexibility index (Phi) is 14.5. The number of aliphatic imine (C=N–C) groups is 1. The van der Waals surface area contributed by atoms with Gasteiger partial charge in [-0.3, -0.25) is 9.79 Å². The van der Waals surface area contributed by atoms with Gasteiger partial charge in [0.2, 0.25) is 5.96 Å². The van der Waals surface area contributed by atoms with Gasteiger partial charge in [-0.2, -0.15) is 0 Å². The van der Waals surface area contributed by atoms with Gasteiger partial charge in [0.05, 0.1) is 11.4 Å². The van der Waals surface area contributed by atoms with Crippen molar-refractivity contribution in [3.05, 3.63) is 22.3 Å². The number of rotatable bonds is 20. The molecule has 0 aliphatic carbocycles. The molecule has 1 atom stereocenters. The van der Waals surface area contributed by atoms with Gasteiger partial charge in [-0.1, -0.05) is 13.3 Å². The van der Waals surface area contributed by atoms with Crippen LogP contribution in [-0.4, -0.2) is 89.5 Å². The van der Waals surface area contributed by atoms with Crippen molar-refractivity contribution in [3.8, 4) is 5.75 Å². The van der Waals surface area contributed by atoms with Crippen LogP contribution in [0, 0.1) is 20.8 Å². The summed E-state index contributed by atoms with van der Waals surface area (Å²) < 4.78 is 35.4. The Balaban J connectivity index is 1.93. The number of ether oxygens (including phenoxy) is 1. The summed E-state index contributed by atoms with van der Waals surface area (Å²) in [7, 11) is -3.94. The van der Waals surface area contributed by atoms with E-state index in [-0.39, 0.29) is 29.0 Å². The highest BCUT2D eigenvalue weighted by molar-refractivity contribution is 7.90. The van der Waals surface area contributed by atoms with Crippen molar-refractivity contribution >= 4 is 22.0 Å². The molecule has 1 aliphatic heterocycles. The molecule has 0 saturated heterocycles. The maximum absolute atomic E-state index is 13.4. The molecule has 0 radical (unpaired) electrons. The minimum atomic E-state index is -3.94. The number of hydrogen-bond acceptors (Lipinski definition) is 9. The molecule has 0 fully saturated rings. The van der Waals surface area contributed by atoms with Gasteiger partial charge in [0.15, 0.2) is 0 Å². The number of unbranched alkanes of at least 4 members (excludes halogenated alkanes) is 1. The monoisotopic (exact) mass is 611 g/mol. The highest BCUT2D eigenvalue weighted by Crippen LogP contribution is 2.43. The van der Waals surface area contributed by atoms with Gasteiger partial charge in [-0.05, 0) is 77.1 Å². The zero-order valence-corrected chi connectivity index (χ0v) is 27.1. The Hall–Kier alpha value is -2.45. The lowest BCUT2D eigenvalue weighted by atomic mass is 9.94. The second kappa shape index (κ2) is 17.0. The summed E-state index contributed by atoms with van der Waals surface area (Å²) in [5.41, 5.74) is 8.73. The second-order valence-corrected chi connectivity index (χ2v) is 13.2. The molecule has 2 rings (SSSR count). The van der Waals surface area contributed by atoms with Gasteiger partial charge in [0.25, 0.3) is 10.0 Å². The van der Waals surface area contributed by atoms with Crippen LogP contribution in [0.2, 0.25) is 0 Å². The summed E-state index contributed by atoms with van der Waals surface area (Å²) in [5.74, 6) is -0.226. The molecule has 42 heavy (non-hydrogen) atoms.